The maximum atomic E-state index is 5.95. The Labute approximate surface area is 127 Å². The number of aromatic nitrogens is 1. The van der Waals surface area contributed by atoms with Gasteiger partial charge in [0.1, 0.15) is 0 Å². The molecule has 0 aliphatic carbocycles. The van der Waals surface area contributed by atoms with Crippen LogP contribution < -0.4 is 5.32 Å². The molecule has 2 aliphatic rings. The summed E-state index contributed by atoms with van der Waals surface area (Å²) in [5.74, 6) is 2.50. The highest BCUT2D eigenvalue weighted by atomic mass is 16.7. The Morgan fingerprint density at radius 1 is 1.19 bits per heavy atom. The first-order valence-corrected chi connectivity index (χ1v) is 7.59. The molecule has 5 heteroatoms. The number of hydrogen-bond acceptors (Lipinski definition) is 4. The molecule has 0 unspecified atom stereocenters. The molecule has 0 amide bonds. The van der Waals surface area contributed by atoms with Crippen LogP contribution in [0.5, 0.6) is 0 Å². The molecule has 0 radical (unpaired) electrons. The number of nitrogens with one attached hydrogen (secondary N) is 1. The molecule has 112 valence electrons. The summed E-state index contributed by atoms with van der Waals surface area (Å²) in [5, 5.41) is 3.28. The topological polar surface area (TPSA) is 43.4 Å². The van der Waals surface area contributed by atoms with Crippen LogP contribution in [0, 0.1) is 0 Å². The third-order valence-electron chi connectivity index (χ3n) is 4.69. The first-order chi connectivity index (χ1) is 9.87. The molecule has 0 spiro atoms. The van der Waals surface area contributed by atoms with Crippen LogP contribution in [-0.2, 0) is 9.31 Å². The van der Waals surface area contributed by atoms with Crippen molar-refractivity contribution in [3.63, 3.8) is 0 Å². The van der Waals surface area contributed by atoms with Crippen molar-refractivity contribution in [3.8, 4) is 0 Å². The van der Waals surface area contributed by atoms with Crippen LogP contribution in [0.4, 0.5) is 0 Å². The first kappa shape index (κ1) is 14.8. The maximum absolute atomic E-state index is 5.95. The average molecular weight is 286 g/mol. The lowest BCUT2D eigenvalue weighted by Gasteiger charge is -2.32. The van der Waals surface area contributed by atoms with E-state index >= 15 is 0 Å². The van der Waals surface area contributed by atoms with E-state index < -0.39 is 0 Å². The minimum absolute atomic E-state index is 0.297. The van der Waals surface area contributed by atoms with Crippen LogP contribution in [-0.4, -0.2) is 36.4 Å². The van der Waals surface area contributed by atoms with Crippen LogP contribution in [0.1, 0.15) is 45.0 Å². The van der Waals surface area contributed by atoms with Gasteiger partial charge in [0.05, 0.1) is 16.9 Å². The molecule has 3 heterocycles. The van der Waals surface area contributed by atoms with Gasteiger partial charge in [0.25, 0.3) is 0 Å². The molecule has 2 saturated heterocycles. The SMILES string of the molecule is CC1(C)OB(/C=C/c2cccc(C3CNC3)n2)OC1(C)C. The van der Waals surface area contributed by atoms with Gasteiger partial charge >= 0.3 is 7.12 Å². The summed E-state index contributed by atoms with van der Waals surface area (Å²) >= 11 is 0. The normalized spacial score (nSPS) is 24.5. The fourth-order valence-corrected chi connectivity index (χ4v) is 2.43. The molecule has 0 aromatic carbocycles. The largest absolute Gasteiger partial charge is 0.487 e. The molecule has 0 saturated carbocycles. The quantitative estimate of drug-likeness (QED) is 0.867. The van der Waals surface area contributed by atoms with Gasteiger partial charge in [-0.25, -0.2) is 0 Å². The van der Waals surface area contributed by atoms with Crippen LogP contribution in [0.3, 0.4) is 0 Å². The zero-order valence-corrected chi connectivity index (χ0v) is 13.2. The lowest BCUT2D eigenvalue weighted by atomic mass is 9.89. The Kier molecular flexibility index (Phi) is 3.68. The van der Waals surface area contributed by atoms with E-state index in [1.54, 1.807) is 0 Å². The fourth-order valence-electron chi connectivity index (χ4n) is 2.43. The molecule has 1 aromatic heterocycles. The summed E-state index contributed by atoms with van der Waals surface area (Å²) in [6, 6.07) is 6.17. The van der Waals surface area contributed by atoms with Gasteiger partial charge in [0, 0.05) is 24.7 Å². The highest BCUT2D eigenvalue weighted by Crippen LogP contribution is 2.37. The van der Waals surface area contributed by atoms with E-state index in [0.29, 0.717) is 5.92 Å². The maximum Gasteiger partial charge on any atom is 0.487 e. The summed E-state index contributed by atoms with van der Waals surface area (Å²) < 4.78 is 11.9. The van der Waals surface area contributed by atoms with Gasteiger partial charge in [-0.05, 0) is 45.9 Å². The monoisotopic (exact) mass is 286 g/mol. The van der Waals surface area contributed by atoms with Crippen molar-refractivity contribution < 1.29 is 9.31 Å². The van der Waals surface area contributed by atoms with Crippen molar-refractivity contribution in [1.29, 1.82) is 0 Å². The van der Waals surface area contributed by atoms with Crippen molar-refractivity contribution in [2.24, 2.45) is 0 Å². The molecular formula is C16H23BN2O2. The zero-order valence-electron chi connectivity index (χ0n) is 13.2. The van der Waals surface area contributed by atoms with Gasteiger partial charge < -0.3 is 14.6 Å². The molecule has 21 heavy (non-hydrogen) atoms. The van der Waals surface area contributed by atoms with Crippen molar-refractivity contribution in [2.45, 2.75) is 44.8 Å². The summed E-state index contributed by atoms with van der Waals surface area (Å²) in [4.78, 5) is 4.69. The third-order valence-corrected chi connectivity index (χ3v) is 4.69. The van der Waals surface area contributed by atoms with E-state index in [4.69, 9.17) is 14.3 Å². The van der Waals surface area contributed by atoms with Crippen molar-refractivity contribution in [2.75, 3.05) is 13.1 Å². The van der Waals surface area contributed by atoms with E-state index in [1.165, 1.54) is 0 Å². The van der Waals surface area contributed by atoms with Gasteiger partial charge in [0.2, 0.25) is 0 Å². The van der Waals surface area contributed by atoms with Crippen LogP contribution >= 0.6 is 0 Å². The minimum atomic E-state index is -0.314. The van der Waals surface area contributed by atoms with Crippen LogP contribution in [0.25, 0.3) is 6.08 Å². The molecule has 2 fully saturated rings. The van der Waals surface area contributed by atoms with Crippen molar-refractivity contribution in [3.05, 3.63) is 35.6 Å². The van der Waals surface area contributed by atoms with E-state index in [-0.39, 0.29) is 18.3 Å². The van der Waals surface area contributed by atoms with E-state index in [9.17, 15) is 0 Å². The third kappa shape index (κ3) is 2.91. The minimum Gasteiger partial charge on any atom is -0.400 e. The summed E-state index contributed by atoms with van der Waals surface area (Å²) in [6.07, 6.45) is 1.98. The molecule has 3 rings (SSSR count). The number of rotatable bonds is 3. The van der Waals surface area contributed by atoms with Crippen molar-refractivity contribution >= 4 is 13.2 Å². The van der Waals surface area contributed by atoms with E-state index in [1.807, 2.05) is 18.1 Å². The van der Waals surface area contributed by atoms with Gasteiger partial charge in [-0.1, -0.05) is 12.0 Å². The first-order valence-electron chi connectivity index (χ1n) is 7.59. The molecule has 1 N–H and O–H groups in total. The summed E-state index contributed by atoms with van der Waals surface area (Å²) in [7, 11) is -0.314. The predicted octanol–water partition coefficient (Wildman–Crippen LogP) is 2.41. The second-order valence-corrected chi connectivity index (χ2v) is 6.83. The second-order valence-electron chi connectivity index (χ2n) is 6.83. The van der Waals surface area contributed by atoms with E-state index in [0.717, 1.165) is 24.5 Å². The molecule has 0 bridgehead atoms. The zero-order chi connectivity index (χ0) is 15.1. The van der Waals surface area contributed by atoms with Gasteiger partial charge in [-0.2, -0.15) is 0 Å². The predicted molar refractivity (Wildman–Crippen MR) is 85.0 cm³/mol. The van der Waals surface area contributed by atoms with Crippen LogP contribution in [0.15, 0.2) is 24.2 Å². The Bertz CT molecular complexity index is 537. The number of pyridine rings is 1. The highest BCUT2D eigenvalue weighted by molar-refractivity contribution is 6.52. The molecule has 0 atom stereocenters. The van der Waals surface area contributed by atoms with Gasteiger partial charge in [-0.15, -0.1) is 0 Å². The Morgan fingerprint density at radius 2 is 1.86 bits per heavy atom. The molecule has 2 aliphatic heterocycles. The average Bonchev–Trinajstić information content (AvgIpc) is 2.54. The van der Waals surface area contributed by atoms with Crippen LogP contribution in [0.2, 0.25) is 0 Å². The molecule has 4 nitrogen and oxygen atoms in total. The van der Waals surface area contributed by atoms with Gasteiger partial charge in [0.15, 0.2) is 0 Å². The Hall–Kier alpha value is -1.17. The van der Waals surface area contributed by atoms with Crippen molar-refractivity contribution in [1.82, 2.24) is 10.3 Å². The van der Waals surface area contributed by atoms with Gasteiger partial charge in [-0.3, -0.25) is 4.98 Å². The lowest BCUT2D eigenvalue weighted by Crippen LogP contribution is -2.41. The standard InChI is InChI=1S/C16H23BN2O2/c1-15(2)16(3,4)21-17(20-15)9-8-13-6-5-7-14(19-13)12-10-18-11-12/h5-9,12,18H,10-11H2,1-4H3/b9-8+. The lowest BCUT2D eigenvalue weighted by molar-refractivity contribution is 0.00578. The Morgan fingerprint density at radius 3 is 2.43 bits per heavy atom. The number of hydrogen-bond donors (Lipinski definition) is 1. The fraction of sp³-hybridized carbons (Fsp3) is 0.562. The smallest absolute Gasteiger partial charge is 0.400 e. The Balaban J connectivity index is 1.69. The van der Waals surface area contributed by atoms with E-state index in [2.05, 4.69) is 45.1 Å². The molecule has 1 aromatic rings. The number of nitrogens with zero attached hydrogens (tertiary/aromatic N) is 1. The molecular weight excluding hydrogens is 263 g/mol. The second kappa shape index (κ2) is 5.23. The summed E-state index contributed by atoms with van der Waals surface area (Å²) in [5.41, 5.74) is 1.52. The summed E-state index contributed by atoms with van der Waals surface area (Å²) in [6.45, 7) is 10.3. The highest BCUT2D eigenvalue weighted by Gasteiger charge is 2.50.